The predicted octanol–water partition coefficient (Wildman–Crippen LogP) is 2.81. The van der Waals surface area contributed by atoms with Crippen molar-refractivity contribution < 1.29 is 8.42 Å². The lowest BCUT2D eigenvalue weighted by Gasteiger charge is -2.12. The molecule has 1 aliphatic heterocycles. The van der Waals surface area contributed by atoms with Crippen molar-refractivity contribution in [3.05, 3.63) is 54.6 Å². The molecule has 0 bridgehead atoms. The summed E-state index contributed by atoms with van der Waals surface area (Å²) in [7, 11) is -3.44. The monoisotopic (exact) mass is 352 g/mol. The summed E-state index contributed by atoms with van der Waals surface area (Å²) in [6.45, 7) is 1.42. The van der Waals surface area contributed by atoms with Crippen LogP contribution in [0.4, 0.5) is 0 Å². The zero-order valence-electron chi connectivity index (χ0n) is 12.7. The largest absolute Gasteiger partial charge is 0.313 e. The number of hydrogen-bond donors (Lipinski definition) is 2. The van der Waals surface area contributed by atoms with Crippen LogP contribution in [0.2, 0.25) is 0 Å². The normalized spacial score (nSPS) is 17.7. The molecule has 0 spiro atoms. The van der Waals surface area contributed by atoms with Crippen molar-refractivity contribution in [1.29, 1.82) is 0 Å². The maximum Gasteiger partial charge on any atom is 0.240 e. The topological polar surface area (TPSA) is 58.2 Å². The first kappa shape index (κ1) is 17.9. The fourth-order valence-corrected chi connectivity index (χ4v) is 3.76. The van der Waals surface area contributed by atoms with Gasteiger partial charge in [-0.2, -0.15) is 0 Å². The summed E-state index contributed by atoms with van der Waals surface area (Å²) in [6.07, 6.45) is 2.13. The predicted molar refractivity (Wildman–Crippen MR) is 95.3 cm³/mol. The van der Waals surface area contributed by atoms with E-state index in [1.165, 1.54) is 0 Å². The number of halogens is 1. The number of rotatable bonds is 5. The van der Waals surface area contributed by atoms with E-state index in [-0.39, 0.29) is 18.4 Å². The molecule has 1 heterocycles. The molecule has 1 aliphatic rings. The molecule has 1 fully saturated rings. The average molecular weight is 353 g/mol. The number of nitrogens with one attached hydrogen (secondary N) is 2. The second-order valence-corrected chi connectivity index (χ2v) is 7.30. The van der Waals surface area contributed by atoms with Gasteiger partial charge >= 0.3 is 0 Å². The van der Waals surface area contributed by atoms with Gasteiger partial charge < -0.3 is 5.32 Å². The molecule has 0 aliphatic carbocycles. The van der Waals surface area contributed by atoms with Gasteiger partial charge in [0.05, 0.1) is 4.90 Å². The maximum atomic E-state index is 12.3. The maximum absolute atomic E-state index is 12.3. The lowest BCUT2D eigenvalue weighted by molar-refractivity contribution is 0.552. The van der Waals surface area contributed by atoms with Crippen LogP contribution in [-0.2, 0) is 10.0 Å². The van der Waals surface area contributed by atoms with Crippen LogP contribution < -0.4 is 10.0 Å². The second-order valence-electron chi connectivity index (χ2n) is 5.54. The quantitative estimate of drug-likeness (QED) is 0.870. The first-order valence-electron chi connectivity index (χ1n) is 7.54. The van der Waals surface area contributed by atoms with Crippen LogP contribution in [0.3, 0.4) is 0 Å². The Kier molecular flexibility index (Phi) is 6.18. The van der Waals surface area contributed by atoms with Crippen LogP contribution in [-0.4, -0.2) is 27.5 Å². The van der Waals surface area contributed by atoms with Gasteiger partial charge in [-0.3, -0.25) is 0 Å². The van der Waals surface area contributed by atoms with Crippen molar-refractivity contribution in [2.45, 2.75) is 23.8 Å². The van der Waals surface area contributed by atoms with Crippen LogP contribution in [0.5, 0.6) is 0 Å². The summed E-state index contributed by atoms with van der Waals surface area (Å²) in [6, 6.07) is 17.2. The van der Waals surface area contributed by atoms with Crippen molar-refractivity contribution in [2.75, 3.05) is 13.1 Å². The summed E-state index contributed by atoms with van der Waals surface area (Å²) in [5, 5.41) is 3.28. The van der Waals surface area contributed by atoms with Gasteiger partial charge in [0, 0.05) is 12.6 Å². The van der Waals surface area contributed by atoms with Gasteiger partial charge in [0.15, 0.2) is 0 Å². The van der Waals surface area contributed by atoms with Crippen molar-refractivity contribution in [2.24, 2.45) is 0 Å². The Morgan fingerprint density at radius 2 is 1.65 bits per heavy atom. The Balaban J connectivity index is 0.00000192. The minimum Gasteiger partial charge on any atom is -0.313 e. The van der Waals surface area contributed by atoms with Crippen molar-refractivity contribution in [3.8, 4) is 11.1 Å². The fraction of sp³-hybridized carbons (Fsp3) is 0.294. The third kappa shape index (κ3) is 4.54. The Hall–Kier alpha value is -1.40. The molecule has 0 radical (unpaired) electrons. The van der Waals surface area contributed by atoms with Gasteiger partial charge in [0.2, 0.25) is 10.0 Å². The first-order chi connectivity index (χ1) is 10.6. The summed E-state index contributed by atoms with van der Waals surface area (Å²) in [5.74, 6) is 0. The standard InChI is InChI=1S/C17H20N2O2S.ClH/c20-22(21,19-13-16-7-4-12-18-16)17-10-8-15(9-11-17)14-5-2-1-3-6-14;/h1-3,5-6,8-11,16,18-19H,4,7,12-13H2;1H. The van der Waals surface area contributed by atoms with Gasteiger partial charge in [-0.15, -0.1) is 12.4 Å². The molecular weight excluding hydrogens is 332 g/mol. The Morgan fingerprint density at radius 1 is 1.00 bits per heavy atom. The molecule has 0 aromatic heterocycles. The number of benzene rings is 2. The number of hydrogen-bond acceptors (Lipinski definition) is 3. The zero-order valence-corrected chi connectivity index (χ0v) is 14.4. The Morgan fingerprint density at radius 3 is 2.26 bits per heavy atom. The molecule has 0 saturated carbocycles. The summed E-state index contributed by atoms with van der Waals surface area (Å²) in [4.78, 5) is 0.310. The van der Waals surface area contributed by atoms with E-state index in [9.17, 15) is 8.42 Å². The van der Waals surface area contributed by atoms with Crippen molar-refractivity contribution in [3.63, 3.8) is 0 Å². The van der Waals surface area contributed by atoms with Gasteiger partial charge in [0.1, 0.15) is 0 Å². The highest BCUT2D eigenvalue weighted by atomic mass is 35.5. The molecule has 2 aromatic carbocycles. The third-order valence-electron chi connectivity index (χ3n) is 3.95. The van der Waals surface area contributed by atoms with Crippen molar-refractivity contribution in [1.82, 2.24) is 10.0 Å². The highest BCUT2D eigenvalue weighted by Crippen LogP contribution is 2.21. The third-order valence-corrected chi connectivity index (χ3v) is 5.39. The molecule has 1 saturated heterocycles. The van der Waals surface area contributed by atoms with E-state index in [2.05, 4.69) is 10.0 Å². The lowest BCUT2D eigenvalue weighted by Crippen LogP contribution is -2.37. The van der Waals surface area contributed by atoms with Crippen LogP contribution in [0.25, 0.3) is 11.1 Å². The van der Waals surface area contributed by atoms with E-state index in [4.69, 9.17) is 0 Å². The van der Waals surface area contributed by atoms with E-state index in [0.717, 1.165) is 30.5 Å². The molecule has 2 N–H and O–H groups in total. The molecule has 4 nitrogen and oxygen atoms in total. The van der Waals surface area contributed by atoms with E-state index < -0.39 is 10.0 Å². The molecular formula is C17H21ClN2O2S. The highest BCUT2D eigenvalue weighted by Gasteiger charge is 2.19. The molecule has 3 rings (SSSR count). The van der Waals surface area contributed by atoms with E-state index >= 15 is 0 Å². The van der Waals surface area contributed by atoms with Crippen LogP contribution in [0.15, 0.2) is 59.5 Å². The summed E-state index contributed by atoms with van der Waals surface area (Å²) < 4.78 is 27.3. The molecule has 1 unspecified atom stereocenters. The van der Waals surface area contributed by atoms with Crippen LogP contribution in [0.1, 0.15) is 12.8 Å². The molecule has 124 valence electrons. The molecule has 23 heavy (non-hydrogen) atoms. The van der Waals surface area contributed by atoms with Gasteiger partial charge in [0.25, 0.3) is 0 Å². The Labute approximate surface area is 143 Å². The van der Waals surface area contributed by atoms with Gasteiger partial charge in [-0.25, -0.2) is 13.1 Å². The Bertz CT molecular complexity index is 712. The SMILES string of the molecule is Cl.O=S(=O)(NCC1CCCN1)c1ccc(-c2ccccc2)cc1. The van der Waals surface area contributed by atoms with E-state index in [1.54, 1.807) is 12.1 Å². The molecule has 0 amide bonds. The van der Waals surface area contributed by atoms with E-state index in [0.29, 0.717) is 11.4 Å². The van der Waals surface area contributed by atoms with Crippen LogP contribution >= 0.6 is 12.4 Å². The van der Waals surface area contributed by atoms with Gasteiger partial charge in [-0.05, 0) is 42.6 Å². The van der Waals surface area contributed by atoms with Crippen LogP contribution in [0, 0.1) is 0 Å². The van der Waals surface area contributed by atoms with Crippen molar-refractivity contribution >= 4 is 22.4 Å². The minimum atomic E-state index is -3.44. The zero-order chi connectivity index (χ0) is 15.4. The smallest absolute Gasteiger partial charge is 0.240 e. The number of sulfonamides is 1. The molecule has 2 aromatic rings. The first-order valence-corrected chi connectivity index (χ1v) is 9.02. The average Bonchev–Trinajstić information content (AvgIpc) is 3.08. The summed E-state index contributed by atoms with van der Waals surface area (Å²) in [5.41, 5.74) is 2.09. The highest BCUT2D eigenvalue weighted by molar-refractivity contribution is 7.89. The van der Waals surface area contributed by atoms with E-state index in [1.807, 2.05) is 42.5 Å². The van der Waals surface area contributed by atoms with Gasteiger partial charge in [-0.1, -0.05) is 42.5 Å². The molecule has 6 heteroatoms. The summed E-state index contributed by atoms with van der Waals surface area (Å²) >= 11 is 0. The second kappa shape index (κ2) is 7.93. The minimum absolute atomic E-state index is 0. The fourth-order valence-electron chi connectivity index (χ4n) is 2.68. The lowest BCUT2D eigenvalue weighted by atomic mass is 10.1. The molecule has 1 atom stereocenters.